The number of ether oxygens (including phenoxy) is 2. The summed E-state index contributed by atoms with van der Waals surface area (Å²) in [7, 11) is 1.70. The van der Waals surface area contributed by atoms with Gasteiger partial charge in [-0.1, -0.05) is 18.2 Å². The fourth-order valence-electron chi connectivity index (χ4n) is 6.19. The van der Waals surface area contributed by atoms with Crippen molar-refractivity contribution in [2.45, 2.75) is 24.6 Å². The van der Waals surface area contributed by atoms with Gasteiger partial charge in [-0.3, -0.25) is 19.4 Å². The van der Waals surface area contributed by atoms with Gasteiger partial charge in [0, 0.05) is 55.9 Å². The zero-order valence-corrected chi connectivity index (χ0v) is 24.6. The molecule has 0 amide bonds. The van der Waals surface area contributed by atoms with Gasteiger partial charge in [0.2, 0.25) is 0 Å². The Balaban J connectivity index is 0.000000515. The highest BCUT2D eigenvalue weighted by Crippen LogP contribution is 2.45. The third-order valence-corrected chi connectivity index (χ3v) is 8.44. The molecular weight excluding hydrogens is 595 g/mol. The standard InChI is InChI=1S/C29H33N5O4.C2HF3O2/c1-37-20-7-8-23-22(17-20)21-9-12-34(14-11-31-25-24(30)26(35)27(25)36)29(28(21)32-23)10-13-33(18-29)15-16-38-19-5-3-2-4-6-19;3-2(4,5)1(6)7/h2-8,17,31-32H,9-16,18,30H2,1H3;(H,6,7). The highest BCUT2D eigenvalue weighted by Gasteiger charge is 2.48. The summed E-state index contributed by atoms with van der Waals surface area (Å²) in [5.74, 6) is -1.01. The van der Waals surface area contributed by atoms with Gasteiger partial charge in [-0.2, -0.15) is 13.2 Å². The van der Waals surface area contributed by atoms with Gasteiger partial charge in [0.15, 0.2) is 0 Å². The molecule has 0 saturated carbocycles. The molecule has 5 N–H and O–H groups in total. The number of rotatable bonds is 9. The Labute approximate surface area is 256 Å². The van der Waals surface area contributed by atoms with Crippen LogP contribution in [0.25, 0.3) is 10.9 Å². The maximum absolute atomic E-state index is 11.9. The molecule has 0 radical (unpaired) electrons. The van der Waals surface area contributed by atoms with E-state index in [1.165, 1.54) is 16.6 Å². The van der Waals surface area contributed by atoms with Gasteiger partial charge in [0.05, 0.1) is 12.6 Å². The minimum atomic E-state index is -5.08. The molecule has 0 aliphatic carbocycles. The average Bonchev–Trinajstić information content (AvgIpc) is 3.62. The zero-order chi connectivity index (χ0) is 32.4. The summed E-state index contributed by atoms with van der Waals surface area (Å²) in [6.07, 6.45) is -3.18. The molecule has 1 aromatic heterocycles. The van der Waals surface area contributed by atoms with Crippen molar-refractivity contribution in [1.29, 1.82) is 0 Å². The van der Waals surface area contributed by atoms with Crippen LogP contribution in [0.4, 0.5) is 24.5 Å². The second kappa shape index (κ2) is 12.8. The van der Waals surface area contributed by atoms with Crippen molar-refractivity contribution in [2.24, 2.45) is 0 Å². The molecule has 1 atom stereocenters. The van der Waals surface area contributed by atoms with Gasteiger partial charge in [0.25, 0.3) is 10.9 Å². The Morgan fingerprint density at radius 1 is 1.09 bits per heavy atom. The average molecular weight is 630 g/mol. The van der Waals surface area contributed by atoms with Crippen LogP contribution in [0.2, 0.25) is 0 Å². The first kappa shape index (κ1) is 31.9. The van der Waals surface area contributed by atoms with Crippen molar-refractivity contribution in [1.82, 2.24) is 14.8 Å². The molecule has 3 heterocycles. The molecule has 4 aromatic rings. The van der Waals surface area contributed by atoms with E-state index in [0.717, 1.165) is 62.6 Å². The first-order chi connectivity index (χ1) is 21.4. The molecule has 6 rings (SSSR count). The fourth-order valence-corrected chi connectivity index (χ4v) is 6.19. The number of carboxylic acid groups (broad SMARTS) is 1. The number of aromatic amines is 1. The minimum absolute atomic E-state index is 0.0423. The highest BCUT2D eigenvalue weighted by molar-refractivity contribution is 5.87. The number of carbonyl (C=O) groups is 1. The van der Waals surface area contributed by atoms with E-state index in [2.05, 4.69) is 32.2 Å². The van der Waals surface area contributed by atoms with Gasteiger partial charge < -0.3 is 30.6 Å². The molecular formula is C31H34F3N5O6. The van der Waals surface area contributed by atoms with Crippen LogP contribution in [0, 0.1) is 0 Å². The van der Waals surface area contributed by atoms with Crippen molar-refractivity contribution >= 4 is 28.2 Å². The number of benzene rings is 2. The van der Waals surface area contributed by atoms with E-state index in [0.29, 0.717) is 13.2 Å². The van der Waals surface area contributed by atoms with Crippen LogP contribution < -0.4 is 31.4 Å². The Bertz CT molecular complexity index is 1730. The Kier molecular flexibility index (Phi) is 9.07. The predicted octanol–water partition coefficient (Wildman–Crippen LogP) is 2.94. The van der Waals surface area contributed by atoms with Crippen LogP contribution in [-0.4, -0.2) is 85.0 Å². The van der Waals surface area contributed by atoms with Crippen molar-refractivity contribution in [3.63, 3.8) is 0 Å². The summed E-state index contributed by atoms with van der Waals surface area (Å²) in [5, 5.41) is 11.5. The number of hydrogen-bond donors (Lipinski definition) is 4. The van der Waals surface area contributed by atoms with Crippen LogP contribution in [0.5, 0.6) is 11.5 Å². The number of likely N-dealkylation sites (tertiary alicyclic amines) is 1. The van der Waals surface area contributed by atoms with Crippen LogP contribution in [0.15, 0.2) is 58.1 Å². The molecule has 1 saturated heterocycles. The monoisotopic (exact) mass is 629 g/mol. The third kappa shape index (κ3) is 6.47. The molecule has 2 aliphatic rings. The quantitative estimate of drug-likeness (QED) is 0.204. The van der Waals surface area contributed by atoms with Crippen molar-refractivity contribution in [3.05, 3.63) is 80.2 Å². The Morgan fingerprint density at radius 3 is 2.49 bits per heavy atom. The molecule has 0 bridgehead atoms. The number of para-hydroxylation sites is 1. The maximum Gasteiger partial charge on any atom is 0.490 e. The maximum atomic E-state index is 11.9. The normalized spacial score (nSPS) is 18.5. The number of nitrogens with two attached hydrogens (primary N) is 1. The Morgan fingerprint density at radius 2 is 1.82 bits per heavy atom. The topological polar surface area (TPSA) is 150 Å². The lowest BCUT2D eigenvalue weighted by molar-refractivity contribution is -0.192. The number of methoxy groups -OCH3 is 1. The number of alkyl halides is 3. The number of hydrogen-bond acceptors (Lipinski definition) is 9. The molecule has 1 spiro atoms. The van der Waals surface area contributed by atoms with Crippen molar-refractivity contribution in [2.75, 3.05) is 64.0 Å². The fraction of sp³-hybridized carbons (Fsp3) is 0.387. The second-order valence-corrected chi connectivity index (χ2v) is 11.0. The number of aromatic nitrogens is 1. The third-order valence-electron chi connectivity index (χ3n) is 8.44. The molecule has 3 aromatic carbocycles. The Hall–Kier alpha value is -4.56. The van der Waals surface area contributed by atoms with Crippen molar-refractivity contribution < 1.29 is 32.5 Å². The summed E-state index contributed by atoms with van der Waals surface area (Å²) in [4.78, 5) is 41.0. The largest absolute Gasteiger partial charge is 0.497 e. The van der Waals surface area contributed by atoms with Crippen LogP contribution in [0.3, 0.4) is 0 Å². The number of halogens is 3. The van der Waals surface area contributed by atoms with Crippen LogP contribution >= 0.6 is 0 Å². The first-order valence-electron chi connectivity index (χ1n) is 14.4. The second-order valence-electron chi connectivity index (χ2n) is 11.0. The van der Waals surface area contributed by atoms with Crippen LogP contribution in [0.1, 0.15) is 17.7 Å². The molecule has 11 nitrogen and oxygen atoms in total. The summed E-state index contributed by atoms with van der Waals surface area (Å²) in [5.41, 5.74) is 8.48. The predicted molar refractivity (Wildman–Crippen MR) is 163 cm³/mol. The minimum Gasteiger partial charge on any atom is -0.497 e. The molecule has 45 heavy (non-hydrogen) atoms. The van der Waals surface area contributed by atoms with E-state index in [1.54, 1.807) is 7.11 Å². The number of anilines is 2. The molecule has 240 valence electrons. The number of nitrogens with one attached hydrogen (secondary N) is 2. The number of H-pyrrole nitrogens is 1. The van der Waals surface area contributed by atoms with Gasteiger partial charge in [-0.05, 0) is 48.7 Å². The lowest BCUT2D eigenvalue weighted by Crippen LogP contribution is -2.54. The summed E-state index contributed by atoms with van der Waals surface area (Å²) in [6, 6.07) is 16.1. The van der Waals surface area contributed by atoms with Gasteiger partial charge >= 0.3 is 12.1 Å². The molecule has 2 aliphatic heterocycles. The zero-order valence-electron chi connectivity index (χ0n) is 24.6. The lowest BCUT2D eigenvalue weighted by atomic mass is 9.84. The van der Waals surface area contributed by atoms with E-state index in [9.17, 15) is 22.8 Å². The van der Waals surface area contributed by atoms with E-state index >= 15 is 0 Å². The number of nitrogen functional groups attached to an aromatic ring is 1. The summed E-state index contributed by atoms with van der Waals surface area (Å²) in [6.45, 7) is 5.47. The molecule has 14 heteroatoms. The van der Waals surface area contributed by atoms with Crippen molar-refractivity contribution in [3.8, 4) is 11.5 Å². The van der Waals surface area contributed by atoms with E-state index in [4.69, 9.17) is 25.1 Å². The first-order valence-corrected chi connectivity index (χ1v) is 14.4. The van der Waals surface area contributed by atoms with E-state index in [-0.39, 0.29) is 16.9 Å². The molecule has 1 unspecified atom stereocenters. The van der Waals surface area contributed by atoms with Gasteiger partial charge in [0.1, 0.15) is 29.5 Å². The van der Waals surface area contributed by atoms with Gasteiger partial charge in [-0.15, -0.1) is 0 Å². The number of carboxylic acids is 1. The lowest BCUT2D eigenvalue weighted by Gasteiger charge is -2.45. The molecule has 1 fully saturated rings. The van der Waals surface area contributed by atoms with E-state index in [1.807, 2.05) is 36.4 Å². The van der Waals surface area contributed by atoms with E-state index < -0.39 is 23.0 Å². The summed E-state index contributed by atoms with van der Waals surface area (Å²) >= 11 is 0. The number of nitrogens with zero attached hydrogens (tertiary/aromatic N) is 2. The van der Waals surface area contributed by atoms with Gasteiger partial charge in [-0.25, -0.2) is 4.79 Å². The highest BCUT2D eigenvalue weighted by atomic mass is 19.4. The summed E-state index contributed by atoms with van der Waals surface area (Å²) < 4.78 is 43.2. The SMILES string of the molecule is COc1ccc2[nH]c3c(c2c1)CCN(CCNc1c(N)c(=O)c1=O)C31CCN(CCOc2ccccc2)C1.O=C(O)C(F)(F)F. The smallest absolute Gasteiger partial charge is 0.490 e. The number of fused-ring (bicyclic) bond motifs is 4. The van der Waals surface area contributed by atoms with Crippen LogP contribution in [-0.2, 0) is 16.8 Å². The number of aliphatic carboxylic acids is 1.